The van der Waals surface area contributed by atoms with Crippen molar-refractivity contribution in [3.05, 3.63) is 23.8 Å². The van der Waals surface area contributed by atoms with Gasteiger partial charge in [-0.3, -0.25) is 0 Å². The number of hydrogen-bond donors (Lipinski definition) is 0. The fourth-order valence-electron chi connectivity index (χ4n) is 2.78. The lowest BCUT2D eigenvalue weighted by Gasteiger charge is -2.28. The number of allylic oxidation sites excluding steroid dienone is 2. The van der Waals surface area contributed by atoms with E-state index in [9.17, 15) is 0 Å². The van der Waals surface area contributed by atoms with E-state index in [1.54, 1.807) is 0 Å². The molecule has 0 fully saturated rings. The van der Waals surface area contributed by atoms with Gasteiger partial charge in [0.05, 0.1) is 12.7 Å². The first kappa shape index (κ1) is 15.5. The molecule has 0 aromatic heterocycles. The van der Waals surface area contributed by atoms with Crippen LogP contribution < -0.4 is 0 Å². The summed E-state index contributed by atoms with van der Waals surface area (Å²) in [6, 6.07) is 0. The zero-order valence-corrected chi connectivity index (χ0v) is 12.8. The van der Waals surface area contributed by atoms with Crippen molar-refractivity contribution in [1.82, 2.24) is 0 Å². The Morgan fingerprint density at radius 2 is 1.72 bits per heavy atom. The van der Waals surface area contributed by atoms with E-state index in [4.69, 9.17) is 4.74 Å². The maximum atomic E-state index is 5.99. The van der Waals surface area contributed by atoms with Gasteiger partial charge in [-0.15, -0.1) is 0 Å². The molecule has 0 heterocycles. The number of rotatable bonds is 7. The molecular weight excluding hydrogens is 220 g/mol. The highest BCUT2D eigenvalue weighted by atomic mass is 16.5. The average molecular weight is 250 g/mol. The summed E-state index contributed by atoms with van der Waals surface area (Å²) in [6.45, 7) is 12.3. The molecule has 0 amide bonds. The Morgan fingerprint density at radius 3 is 2.22 bits per heavy atom. The molecule has 1 unspecified atom stereocenters. The van der Waals surface area contributed by atoms with E-state index in [1.165, 1.54) is 24.8 Å². The smallest absolute Gasteiger partial charge is 0.0717 e. The number of ether oxygens (including phenoxy) is 1. The molecule has 1 atom stereocenters. The Bertz CT molecular complexity index is 278. The summed E-state index contributed by atoms with van der Waals surface area (Å²) in [4.78, 5) is 0. The summed E-state index contributed by atoms with van der Waals surface area (Å²) in [5.74, 6) is 2.24. The van der Waals surface area contributed by atoms with Crippen LogP contribution in [0, 0.1) is 17.8 Å². The molecule has 0 saturated heterocycles. The lowest BCUT2D eigenvalue weighted by molar-refractivity contribution is 0.0502. The molecule has 0 N–H and O–H groups in total. The summed E-state index contributed by atoms with van der Waals surface area (Å²) in [5, 5.41) is 0. The summed E-state index contributed by atoms with van der Waals surface area (Å²) in [6.07, 6.45) is 10.6. The first-order chi connectivity index (χ1) is 8.50. The van der Waals surface area contributed by atoms with Crippen LogP contribution in [0.2, 0.25) is 0 Å². The van der Waals surface area contributed by atoms with Crippen LogP contribution in [0.4, 0.5) is 0 Å². The quantitative estimate of drug-likeness (QED) is 0.619. The zero-order valence-electron chi connectivity index (χ0n) is 12.8. The third-order valence-corrected chi connectivity index (χ3v) is 3.92. The highest BCUT2D eigenvalue weighted by Crippen LogP contribution is 2.26. The van der Waals surface area contributed by atoms with Gasteiger partial charge < -0.3 is 4.74 Å². The predicted octanol–water partition coefficient (Wildman–Crippen LogP) is 4.99. The van der Waals surface area contributed by atoms with Crippen LogP contribution >= 0.6 is 0 Å². The third-order valence-electron chi connectivity index (χ3n) is 3.92. The van der Waals surface area contributed by atoms with Gasteiger partial charge >= 0.3 is 0 Å². The molecule has 0 aromatic rings. The Balaban J connectivity index is 2.33. The molecular formula is C17H30O. The Labute approximate surface area is 113 Å². The van der Waals surface area contributed by atoms with Crippen LogP contribution in [0.1, 0.15) is 53.9 Å². The second kappa shape index (κ2) is 7.78. The lowest BCUT2D eigenvalue weighted by Crippen LogP contribution is -2.23. The van der Waals surface area contributed by atoms with Gasteiger partial charge in [0.1, 0.15) is 0 Å². The van der Waals surface area contributed by atoms with Gasteiger partial charge in [-0.1, -0.05) is 45.9 Å². The largest absolute Gasteiger partial charge is 0.374 e. The van der Waals surface area contributed by atoms with Crippen molar-refractivity contribution in [3.8, 4) is 0 Å². The van der Waals surface area contributed by atoms with Crippen molar-refractivity contribution in [2.45, 2.75) is 60.0 Å². The minimum Gasteiger partial charge on any atom is -0.374 e. The second-order valence-corrected chi connectivity index (χ2v) is 6.27. The van der Waals surface area contributed by atoms with Gasteiger partial charge in [-0.25, -0.2) is 0 Å². The fraction of sp³-hybridized carbons (Fsp3) is 0.765. The summed E-state index contributed by atoms with van der Waals surface area (Å²) in [7, 11) is 0. The van der Waals surface area contributed by atoms with Gasteiger partial charge in [0.2, 0.25) is 0 Å². The average Bonchev–Trinajstić information content (AvgIpc) is 2.34. The van der Waals surface area contributed by atoms with E-state index in [0.717, 1.165) is 24.4 Å². The normalized spacial score (nSPS) is 17.7. The van der Waals surface area contributed by atoms with Crippen molar-refractivity contribution in [3.63, 3.8) is 0 Å². The molecule has 0 saturated carbocycles. The molecule has 0 aliphatic heterocycles. The van der Waals surface area contributed by atoms with Crippen molar-refractivity contribution in [2.24, 2.45) is 17.8 Å². The van der Waals surface area contributed by atoms with E-state index in [2.05, 4.69) is 52.8 Å². The lowest BCUT2D eigenvalue weighted by atomic mass is 9.82. The van der Waals surface area contributed by atoms with Crippen molar-refractivity contribution < 1.29 is 4.74 Å². The van der Waals surface area contributed by atoms with E-state index in [-0.39, 0.29) is 0 Å². The highest BCUT2D eigenvalue weighted by Gasteiger charge is 2.20. The number of hydrogen-bond acceptors (Lipinski definition) is 1. The maximum Gasteiger partial charge on any atom is 0.0717 e. The summed E-state index contributed by atoms with van der Waals surface area (Å²) < 4.78 is 5.99. The molecule has 18 heavy (non-hydrogen) atoms. The van der Waals surface area contributed by atoms with Crippen LogP contribution in [0.25, 0.3) is 0 Å². The van der Waals surface area contributed by atoms with E-state index in [0.29, 0.717) is 6.10 Å². The third kappa shape index (κ3) is 5.39. The predicted molar refractivity (Wildman–Crippen MR) is 79.7 cm³/mol. The van der Waals surface area contributed by atoms with Crippen molar-refractivity contribution in [2.75, 3.05) is 6.61 Å². The van der Waals surface area contributed by atoms with Crippen molar-refractivity contribution in [1.29, 1.82) is 0 Å². The van der Waals surface area contributed by atoms with Crippen LogP contribution in [-0.4, -0.2) is 12.7 Å². The molecule has 0 aromatic carbocycles. The van der Waals surface area contributed by atoms with Crippen LogP contribution in [0.3, 0.4) is 0 Å². The SMILES string of the molecule is CC(CC(C(C)C)C(C)C)OCC1=CCCC=C1. The molecule has 1 nitrogen and oxygen atoms in total. The Morgan fingerprint density at radius 1 is 1.06 bits per heavy atom. The first-order valence-corrected chi connectivity index (χ1v) is 7.48. The van der Waals surface area contributed by atoms with Crippen LogP contribution in [-0.2, 0) is 4.74 Å². The zero-order chi connectivity index (χ0) is 13.5. The van der Waals surface area contributed by atoms with Gasteiger partial charge in [-0.2, -0.15) is 0 Å². The summed E-state index contributed by atoms with van der Waals surface area (Å²) in [5.41, 5.74) is 1.35. The second-order valence-electron chi connectivity index (χ2n) is 6.27. The monoisotopic (exact) mass is 250 g/mol. The van der Waals surface area contributed by atoms with Crippen molar-refractivity contribution >= 4 is 0 Å². The Hall–Kier alpha value is -0.560. The molecule has 1 aliphatic carbocycles. The van der Waals surface area contributed by atoms with E-state index in [1.807, 2.05) is 0 Å². The molecule has 0 bridgehead atoms. The first-order valence-electron chi connectivity index (χ1n) is 7.48. The standard InChI is InChI=1S/C17H30O/c1-13(2)17(14(3)4)11-15(5)18-12-16-9-7-6-8-10-16/h7,9-10,13-15,17H,6,8,11-12H2,1-5H3. The highest BCUT2D eigenvalue weighted by molar-refractivity contribution is 5.22. The van der Waals surface area contributed by atoms with Gasteiger partial charge in [0.15, 0.2) is 0 Å². The van der Waals surface area contributed by atoms with Gasteiger partial charge in [-0.05, 0) is 49.5 Å². The molecule has 1 aliphatic rings. The van der Waals surface area contributed by atoms with Crippen LogP contribution in [0.15, 0.2) is 23.8 Å². The Kier molecular flexibility index (Phi) is 6.70. The van der Waals surface area contributed by atoms with E-state index < -0.39 is 0 Å². The van der Waals surface area contributed by atoms with Crippen LogP contribution in [0.5, 0.6) is 0 Å². The van der Waals surface area contributed by atoms with E-state index >= 15 is 0 Å². The minimum absolute atomic E-state index is 0.357. The molecule has 0 spiro atoms. The van der Waals surface area contributed by atoms with Gasteiger partial charge in [0.25, 0.3) is 0 Å². The minimum atomic E-state index is 0.357. The molecule has 1 rings (SSSR count). The van der Waals surface area contributed by atoms with Gasteiger partial charge in [0, 0.05) is 0 Å². The molecule has 104 valence electrons. The molecule has 1 heteroatoms. The summed E-state index contributed by atoms with van der Waals surface area (Å²) >= 11 is 0. The molecule has 0 radical (unpaired) electrons. The maximum absolute atomic E-state index is 5.99. The fourth-order valence-corrected chi connectivity index (χ4v) is 2.78. The topological polar surface area (TPSA) is 9.23 Å².